The van der Waals surface area contributed by atoms with Crippen LogP contribution < -0.4 is 10.1 Å². The van der Waals surface area contributed by atoms with Gasteiger partial charge in [-0.1, -0.05) is 0 Å². The van der Waals surface area contributed by atoms with Gasteiger partial charge in [-0.15, -0.1) is 0 Å². The summed E-state index contributed by atoms with van der Waals surface area (Å²) in [5.41, 5.74) is -0.101. The van der Waals surface area contributed by atoms with Crippen LogP contribution in [0.3, 0.4) is 0 Å². The third-order valence-corrected chi connectivity index (χ3v) is 2.89. The van der Waals surface area contributed by atoms with Gasteiger partial charge in [0.05, 0.1) is 26.9 Å². The molecule has 5 nitrogen and oxygen atoms in total. The summed E-state index contributed by atoms with van der Waals surface area (Å²) in [6.45, 7) is 0.339. The number of anilines is 1. The average Bonchev–Trinajstić information content (AvgIpc) is 2.29. The van der Waals surface area contributed by atoms with Crippen molar-refractivity contribution in [3.8, 4) is 5.75 Å². The van der Waals surface area contributed by atoms with E-state index in [4.69, 9.17) is 9.47 Å². The summed E-state index contributed by atoms with van der Waals surface area (Å²) >= 11 is 0. The van der Waals surface area contributed by atoms with Gasteiger partial charge in [0.15, 0.2) is 0 Å². The SMILES string of the molecule is COc1ccc(NC(=O)C2(CO)COC2)cc1. The zero-order chi connectivity index (χ0) is 12.3. The number of ether oxygens (including phenoxy) is 2. The number of benzene rings is 1. The summed E-state index contributed by atoms with van der Waals surface area (Å²) in [6.07, 6.45) is 0. The van der Waals surface area contributed by atoms with Gasteiger partial charge in [-0.05, 0) is 24.3 Å². The van der Waals surface area contributed by atoms with Crippen LogP contribution >= 0.6 is 0 Å². The number of carbonyl (C=O) groups excluding carboxylic acids is 1. The lowest BCUT2D eigenvalue weighted by Gasteiger charge is -2.37. The van der Waals surface area contributed by atoms with Crippen molar-refractivity contribution in [1.29, 1.82) is 0 Å². The van der Waals surface area contributed by atoms with Crippen LogP contribution in [-0.4, -0.2) is 37.9 Å². The zero-order valence-electron chi connectivity index (χ0n) is 9.60. The topological polar surface area (TPSA) is 67.8 Å². The fraction of sp³-hybridized carbons (Fsp3) is 0.417. The van der Waals surface area contributed by atoms with Crippen molar-refractivity contribution < 1.29 is 19.4 Å². The normalized spacial score (nSPS) is 17.1. The molecule has 0 aliphatic carbocycles. The fourth-order valence-corrected chi connectivity index (χ4v) is 1.58. The number of carbonyl (C=O) groups is 1. The number of methoxy groups -OCH3 is 1. The number of nitrogens with one attached hydrogen (secondary N) is 1. The molecule has 2 rings (SSSR count). The molecule has 5 heteroatoms. The Morgan fingerprint density at radius 3 is 2.53 bits per heavy atom. The van der Waals surface area contributed by atoms with E-state index in [0.29, 0.717) is 5.69 Å². The van der Waals surface area contributed by atoms with Crippen LogP contribution in [0.15, 0.2) is 24.3 Å². The minimum Gasteiger partial charge on any atom is -0.497 e. The Bertz CT molecular complexity index is 392. The molecule has 1 fully saturated rings. The van der Waals surface area contributed by atoms with Crippen LogP contribution in [0.5, 0.6) is 5.75 Å². The molecule has 0 aromatic heterocycles. The Hall–Kier alpha value is -1.59. The molecule has 0 saturated carbocycles. The molecule has 17 heavy (non-hydrogen) atoms. The van der Waals surface area contributed by atoms with Crippen molar-refractivity contribution >= 4 is 11.6 Å². The quantitative estimate of drug-likeness (QED) is 0.806. The van der Waals surface area contributed by atoms with Gasteiger partial charge in [0.25, 0.3) is 0 Å². The van der Waals surface area contributed by atoms with Gasteiger partial charge in [-0.3, -0.25) is 4.79 Å². The van der Waals surface area contributed by atoms with Gasteiger partial charge in [0.1, 0.15) is 11.2 Å². The molecule has 1 amide bonds. The molecule has 92 valence electrons. The van der Waals surface area contributed by atoms with Gasteiger partial charge in [0.2, 0.25) is 5.91 Å². The van der Waals surface area contributed by atoms with Crippen molar-refractivity contribution in [1.82, 2.24) is 0 Å². The van der Waals surface area contributed by atoms with Crippen LogP contribution in [0, 0.1) is 5.41 Å². The van der Waals surface area contributed by atoms with E-state index in [-0.39, 0.29) is 25.7 Å². The zero-order valence-corrected chi connectivity index (χ0v) is 9.60. The molecular formula is C12H15NO4. The molecular weight excluding hydrogens is 222 g/mol. The predicted molar refractivity (Wildman–Crippen MR) is 62.0 cm³/mol. The Morgan fingerprint density at radius 1 is 1.47 bits per heavy atom. The van der Waals surface area contributed by atoms with Gasteiger partial charge >= 0.3 is 0 Å². The molecule has 1 aromatic carbocycles. The first-order chi connectivity index (χ1) is 8.20. The molecule has 1 aromatic rings. The molecule has 2 N–H and O–H groups in total. The number of hydrogen-bond donors (Lipinski definition) is 2. The number of aliphatic hydroxyl groups is 1. The first-order valence-corrected chi connectivity index (χ1v) is 5.34. The van der Waals surface area contributed by atoms with E-state index >= 15 is 0 Å². The van der Waals surface area contributed by atoms with Gasteiger partial charge in [-0.25, -0.2) is 0 Å². The Balaban J connectivity index is 2.02. The Labute approximate surface area is 99.3 Å². The summed E-state index contributed by atoms with van der Waals surface area (Å²) < 4.78 is 10.0. The Morgan fingerprint density at radius 2 is 2.12 bits per heavy atom. The predicted octanol–water partition coefficient (Wildman–Crippen LogP) is 0.643. The summed E-state index contributed by atoms with van der Waals surface area (Å²) in [4.78, 5) is 11.9. The monoisotopic (exact) mass is 237 g/mol. The number of hydrogen-bond acceptors (Lipinski definition) is 4. The summed E-state index contributed by atoms with van der Waals surface area (Å²) in [5.74, 6) is 0.517. The van der Waals surface area contributed by atoms with Crippen molar-refractivity contribution in [3.63, 3.8) is 0 Å². The highest BCUT2D eigenvalue weighted by Crippen LogP contribution is 2.28. The van der Waals surface area contributed by atoms with E-state index in [0.717, 1.165) is 5.75 Å². The molecule has 1 saturated heterocycles. The van der Waals surface area contributed by atoms with Crippen molar-refractivity contribution in [3.05, 3.63) is 24.3 Å². The van der Waals surface area contributed by atoms with Crippen LogP contribution in [0.1, 0.15) is 0 Å². The molecule has 1 heterocycles. The summed E-state index contributed by atoms with van der Waals surface area (Å²) in [7, 11) is 1.58. The molecule has 1 aliphatic rings. The van der Waals surface area contributed by atoms with Crippen molar-refractivity contribution in [2.45, 2.75) is 0 Å². The van der Waals surface area contributed by atoms with Crippen molar-refractivity contribution in [2.24, 2.45) is 5.41 Å². The Kier molecular flexibility index (Phi) is 3.31. The summed E-state index contributed by atoms with van der Waals surface area (Å²) in [6, 6.07) is 7.03. The molecule has 0 spiro atoms. The van der Waals surface area contributed by atoms with Crippen LogP contribution in [0.2, 0.25) is 0 Å². The maximum Gasteiger partial charge on any atom is 0.237 e. The lowest BCUT2D eigenvalue weighted by atomic mass is 9.86. The second-order valence-electron chi connectivity index (χ2n) is 4.11. The first kappa shape index (κ1) is 11.9. The minimum absolute atomic E-state index is 0.199. The maximum absolute atomic E-state index is 11.9. The average molecular weight is 237 g/mol. The number of amides is 1. The highest BCUT2D eigenvalue weighted by Gasteiger charge is 2.45. The molecule has 0 radical (unpaired) electrons. The molecule has 0 atom stereocenters. The largest absolute Gasteiger partial charge is 0.497 e. The standard InChI is InChI=1S/C12H15NO4/c1-16-10-4-2-9(3-5-10)13-11(15)12(6-14)7-17-8-12/h2-5,14H,6-8H2,1H3,(H,13,15). The second kappa shape index (κ2) is 4.73. The highest BCUT2D eigenvalue weighted by molar-refractivity contribution is 5.96. The molecule has 0 unspecified atom stereocenters. The fourth-order valence-electron chi connectivity index (χ4n) is 1.58. The lowest BCUT2D eigenvalue weighted by molar-refractivity contribution is -0.164. The van der Waals surface area contributed by atoms with Crippen LogP contribution in [0.4, 0.5) is 5.69 Å². The van der Waals surface area contributed by atoms with Gasteiger partial charge in [-0.2, -0.15) is 0 Å². The third-order valence-electron chi connectivity index (χ3n) is 2.89. The second-order valence-corrected chi connectivity index (χ2v) is 4.11. The van der Waals surface area contributed by atoms with E-state index in [1.807, 2.05) is 0 Å². The first-order valence-electron chi connectivity index (χ1n) is 5.34. The highest BCUT2D eigenvalue weighted by atomic mass is 16.5. The smallest absolute Gasteiger partial charge is 0.237 e. The summed E-state index contributed by atoms with van der Waals surface area (Å²) in [5, 5.41) is 12.0. The third kappa shape index (κ3) is 2.25. The molecule has 0 bridgehead atoms. The van der Waals surface area contributed by atoms with Crippen molar-refractivity contribution in [2.75, 3.05) is 32.2 Å². The van der Waals surface area contributed by atoms with E-state index in [2.05, 4.69) is 5.32 Å². The number of rotatable bonds is 4. The maximum atomic E-state index is 11.9. The van der Waals surface area contributed by atoms with Gasteiger partial charge < -0.3 is 19.9 Å². The van der Waals surface area contributed by atoms with E-state index in [1.54, 1.807) is 31.4 Å². The van der Waals surface area contributed by atoms with E-state index in [1.165, 1.54) is 0 Å². The number of aliphatic hydroxyl groups excluding tert-OH is 1. The van der Waals surface area contributed by atoms with Crippen LogP contribution in [-0.2, 0) is 9.53 Å². The van der Waals surface area contributed by atoms with E-state index in [9.17, 15) is 9.90 Å². The molecule has 1 aliphatic heterocycles. The van der Waals surface area contributed by atoms with E-state index < -0.39 is 5.41 Å². The minimum atomic E-state index is -0.778. The van der Waals surface area contributed by atoms with Crippen LogP contribution in [0.25, 0.3) is 0 Å². The van der Waals surface area contributed by atoms with Gasteiger partial charge in [0, 0.05) is 5.69 Å². The lowest BCUT2D eigenvalue weighted by Crippen LogP contribution is -2.54.